The number of nitrogens with zero attached hydrogens (tertiary/aromatic N) is 2. The lowest BCUT2D eigenvalue weighted by Crippen LogP contribution is -2.08. The summed E-state index contributed by atoms with van der Waals surface area (Å²) in [5, 5.41) is 9.98. The number of aliphatic hydroxyl groups excluding tert-OH is 1. The van der Waals surface area contributed by atoms with Crippen LogP contribution < -0.4 is 0 Å². The van der Waals surface area contributed by atoms with E-state index in [1.54, 1.807) is 24.3 Å². The average Bonchev–Trinajstić information content (AvgIpc) is 3.41. The Labute approximate surface area is 151 Å². The SMILES string of the molecule is O=C(CO)c1ccc(C(=O)Cc2cc3c(ccn3CC3CC3)cn2)cc1. The lowest BCUT2D eigenvalue weighted by atomic mass is 10.0. The van der Waals surface area contributed by atoms with Gasteiger partial charge in [-0.2, -0.15) is 0 Å². The van der Waals surface area contributed by atoms with Crippen molar-refractivity contribution in [3.8, 4) is 0 Å². The first kappa shape index (κ1) is 16.7. The molecule has 4 rings (SSSR count). The second-order valence-electron chi connectivity index (χ2n) is 6.90. The van der Waals surface area contributed by atoms with Crippen LogP contribution in [0.5, 0.6) is 0 Å². The lowest BCUT2D eigenvalue weighted by molar-refractivity contribution is 0.0902. The Kier molecular flexibility index (Phi) is 4.39. The third-order valence-electron chi connectivity index (χ3n) is 4.88. The van der Waals surface area contributed by atoms with Gasteiger partial charge < -0.3 is 9.67 Å². The van der Waals surface area contributed by atoms with Crippen LogP contribution in [-0.2, 0) is 13.0 Å². The van der Waals surface area contributed by atoms with Gasteiger partial charge in [0.2, 0.25) is 0 Å². The van der Waals surface area contributed by atoms with Gasteiger partial charge in [0.15, 0.2) is 11.6 Å². The smallest absolute Gasteiger partial charge is 0.188 e. The highest BCUT2D eigenvalue weighted by molar-refractivity contribution is 6.00. The summed E-state index contributed by atoms with van der Waals surface area (Å²) in [6.45, 7) is 0.499. The zero-order valence-corrected chi connectivity index (χ0v) is 14.4. The Balaban J connectivity index is 1.52. The van der Waals surface area contributed by atoms with Crippen molar-refractivity contribution in [3.63, 3.8) is 0 Å². The van der Waals surface area contributed by atoms with E-state index in [-0.39, 0.29) is 18.0 Å². The maximum absolute atomic E-state index is 12.5. The molecule has 1 fully saturated rings. The first-order chi connectivity index (χ1) is 12.6. The Morgan fingerprint density at radius 1 is 1.08 bits per heavy atom. The topological polar surface area (TPSA) is 72.2 Å². The fraction of sp³-hybridized carbons (Fsp3) is 0.286. The molecule has 1 saturated carbocycles. The van der Waals surface area contributed by atoms with Gasteiger partial charge in [0.25, 0.3) is 0 Å². The number of aromatic nitrogens is 2. The predicted molar refractivity (Wildman–Crippen MR) is 98.3 cm³/mol. The van der Waals surface area contributed by atoms with E-state index in [0.717, 1.165) is 29.1 Å². The third kappa shape index (κ3) is 3.44. The first-order valence-electron chi connectivity index (χ1n) is 8.85. The molecule has 0 amide bonds. The number of fused-ring (bicyclic) bond motifs is 1. The Morgan fingerprint density at radius 3 is 2.42 bits per heavy atom. The van der Waals surface area contributed by atoms with Crippen molar-refractivity contribution in [2.75, 3.05) is 6.61 Å². The van der Waals surface area contributed by atoms with Gasteiger partial charge in [-0.3, -0.25) is 14.6 Å². The van der Waals surface area contributed by atoms with Crippen LogP contribution in [0.1, 0.15) is 39.3 Å². The summed E-state index contributed by atoms with van der Waals surface area (Å²) in [5.74, 6) is 0.386. The average molecular weight is 348 g/mol. The van der Waals surface area contributed by atoms with Crippen molar-refractivity contribution >= 4 is 22.5 Å². The van der Waals surface area contributed by atoms with E-state index in [1.165, 1.54) is 12.8 Å². The van der Waals surface area contributed by atoms with Crippen molar-refractivity contribution in [1.82, 2.24) is 9.55 Å². The van der Waals surface area contributed by atoms with Crippen LogP contribution in [0.3, 0.4) is 0 Å². The quantitative estimate of drug-likeness (QED) is 0.666. The molecule has 1 aliphatic rings. The number of rotatable bonds is 7. The number of Topliss-reactive ketones (excluding diaryl/α,β-unsaturated/α-hetero) is 2. The van der Waals surface area contributed by atoms with Crippen LogP contribution in [0, 0.1) is 5.92 Å². The van der Waals surface area contributed by atoms with Crippen molar-refractivity contribution in [2.45, 2.75) is 25.8 Å². The molecule has 5 heteroatoms. The summed E-state index contributed by atoms with van der Waals surface area (Å²) in [5.41, 5.74) is 2.81. The van der Waals surface area contributed by atoms with Crippen molar-refractivity contribution in [1.29, 1.82) is 0 Å². The molecule has 2 aromatic heterocycles. The molecule has 3 aromatic rings. The molecule has 0 aliphatic heterocycles. The van der Waals surface area contributed by atoms with Gasteiger partial charge in [0, 0.05) is 35.5 Å². The van der Waals surface area contributed by atoms with E-state index in [4.69, 9.17) is 5.11 Å². The molecule has 0 saturated heterocycles. The zero-order valence-electron chi connectivity index (χ0n) is 14.4. The maximum atomic E-state index is 12.5. The van der Waals surface area contributed by atoms with Crippen LogP contribution >= 0.6 is 0 Å². The van der Waals surface area contributed by atoms with E-state index in [9.17, 15) is 9.59 Å². The van der Waals surface area contributed by atoms with Gasteiger partial charge in [-0.1, -0.05) is 24.3 Å². The molecule has 0 spiro atoms. The maximum Gasteiger partial charge on any atom is 0.188 e. The number of hydrogen-bond acceptors (Lipinski definition) is 4. The molecule has 132 valence electrons. The van der Waals surface area contributed by atoms with E-state index < -0.39 is 6.61 Å². The summed E-state index contributed by atoms with van der Waals surface area (Å²) >= 11 is 0. The van der Waals surface area contributed by atoms with Gasteiger partial charge in [0.05, 0.1) is 17.6 Å². The van der Waals surface area contributed by atoms with E-state index in [1.807, 2.05) is 12.3 Å². The zero-order chi connectivity index (χ0) is 18.1. The van der Waals surface area contributed by atoms with Crippen molar-refractivity contribution in [3.05, 3.63) is 65.6 Å². The summed E-state index contributed by atoms with van der Waals surface area (Å²) in [6, 6.07) is 10.5. The molecular weight excluding hydrogens is 328 g/mol. The largest absolute Gasteiger partial charge is 0.388 e. The van der Waals surface area contributed by atoms with Gasteiger partial charge in [0.1, 0.15) is 6.61 Å². The molecule has 0 bridgehead atoms. The predicted octanol–water partition coefficient (Wildman–Crippen LogP) is 3.05. The summed E-state index contributed by atoms with van der Waals surface area (Å²) in [7, 11) is 0. The molecule has 0 unspecified atom stereocenters. The standard InChI is InChI=1S/C21H20N2O3/c24-13-21(26)16-5-3-15(4-6-16)20(25)10-18-9-19-17(11-22-18)7-8-23(19)12-14-1-2-14/h3-9,11,14,24H,1-2,10,12-13H2. The van der Waals surface area contributed by atoms with Gasteiger partial charge in [-0.15, -0.1) is 0 Å². The van der Waals surface area contributed by atoms with E-state index >= 15 is 0 Å². The highest BCUT2D eigenvalue weighted by atomic mass is 16.3. The van der Waals surface area contributed by atoms with Crippen molar-refractivity contribution < 1.29 is 14.7 Å². The second kappa shape index (κ2) is 6.84. The molecule has 26 heavy (non-hydrogen) atoms. The van der Waals surface area contributed by atoms with Gasteiger partial charge in [-0.25, -0.2) is 0 Å². The normalized spacial score (nSPS) is 13.9. The highest BCUT2D eigenvalue weighted by Crippen LogP contribution is 2.32. The fourth-order valence-electron chi connectivity index (χ4n) is 3.16. The molecule has 1 aliphatic carbocycles. The van der Waals surface area contributed by atoms with Crippen LogP contribution in [0.2, 0.25) is 0 Å². The minimum absolute atomic E-state index is 0.0415. The Morgan fingerprint density at radius 2 is 1.77 bits per heavy atom. The first-order valence-corrected chi connectivity index (χ1v) is 8.85. The van der Waals surface area contributed by atoms with E-state index in [0.29, 0.717) is 11.1 Å². The molecular formula is C21H20N2O3. The number of benzene rings is 1. The highest BCUT2D eigenvalue weighted by Gasteiger charge is 2.22. The summed E-state index contributed by atoms with van der Waals surface area (Å²) in [4.78, 5) is 28.4. The third-order valence-corrected chi connectivity index (χ3v) is 4.88. The molecule has 1 N–H and O–H groups in total. The van der Waals surface area contributed by atoms with Crippen LogP contribution in [-0.4, -0.2) is 32.8 Å². The molecule has 0 atom stereocenters. The fourth-order valence-corrected chi connectivity index (χ4v) is 3.16. The molecule has 2 heterocycles. The van der Waals surface area contributed by atoms with Crippen LogP contribution in [0.25, 0.3) is 10.9 Å². The monoisotopic (exact) mass is 348 g/mol. The number of ketones is 2. The Bertz CT molecular complexity index is 969. The minimum Gasteiger partial charge on any atom is -0.388 e. The number of aliphatic hydroxyl groups is 1. The van der Waals surface area contributed by atoms with Crippen LogP contribution in [0.15, 0.2) is 48.8 Å². The molecule has 1 aromatic carbocycles. The van der Waals surface area contributed by atoms with Gasteiger partial charge in [-0.05, 0) is 30.9 Å². The molecule has 0 radical (unpaired) electrons. The van der Waals surface area contributed by atoms with Crippen LogP contribution in [0.4, 0.5) is 0 Å². The number of pyridine rings is 1. The lowest BCUT2D eigenvalue weighted by Gasteiger charge is -2.06. The van der Waals surface area contributed by atoms with Gasteiger partial charge >= 0.3 is 0 Å². The van der Waals surface area contributed by atoms with E-state index in [2.05, 4.69) is 21.8 Å². The van der Waals surface area contributed by atoms with Crippen molar-refractivity contribution in [2.24, 2.45) is 5.92 Å². The summed E-state index contributed by atoms with van der Waals surface area (Å²) < 4.78 is 2.25. The number of hydrogen-bond donors (Lipinski definition) is 1. The number of carbonyl (C=O) groups excluding carboxylic acids is 2. The second-order valence-corrected chi connectivity index (χ2v) is 6.90. The molecule has 5 nitrogen and oxygen atoms in total. The Hall–Kier alpha value is -2.79. The minimum atomic E-state index is -0.530. The number of carbonyl (C=O) groups is 2. The summed E-state index contributed by atoms with van der Waals surface area (Å²) in [6.07, 6.45) is 6.73.